The van der Waals surface area contributed by atoms with Crippen LogP contribution in [0.5, 0.6) is 11.5 Å². The monoisotopic (exact) mass is 496 g/mol. The molecule has 2 aromatic rings. The summed E-state index contributed by atoms with van der Waals surface area (Å²) >= 11 is 0. The van der Waals surface area contributed by atoms with Crippen molar-refractivity contribution in [2.75, 3.05) is 38.2 Å². The lowest BCUT2D eigenvalue weighted by molar-refractivity contribution is -0.111. The van der Waals surface area contributed by atoms with Gasteiger partial charge in [0.25, 0.3) is 0 Å². The zero-order chi connectivity index (χ0) is 24.7. The Morgan fingerprint density at radius 1 is 1.18 bits per heavy atom. The smallest absolute Gasteiger partial charge is 0.387 e. The lowest BCUT2D eigenvalue weighted by atomic mass is 10.1. The van der Waals surface area contributed by atoms with E-state index in [1.54, 1.807) is 19.9 Å². The first kappa shape index (κ1) is 25.6. The standard InChI is InChI=1S/C23H26F2N2O6S/c1-3-32-21-14-17(5-8-20(21)33-23(24)25)6-9-22(28)26-19-15-18(7-4-16(19)2)34(29,30)27-10-12-31-13-11-27/h4-9,14-15,23H,3,10-13H2,1-2H3,(H,26,28)/b9-6+. The van der Waals surface area contributed by atoms with E-state index < -0.39 is 22.5 Å². The fraction of sp³-hybridized carbons (Fsp3) is 0.348. The Morgan fingerprint density at radius 2 is 1.91 bits per heavy atom. The molecule has 0 aliphatic carbocycles. The van der Waals surface area contributed by atoms with E-state index in [0.717, 1.165) is 0 Å². The number of carbonyl (C=O) groups is 1. The summed E-state index contributed by atoms with van der Waals surface area (Å²) in [7, 11) is -3.71. The van der Waals surface area contributed by atoms with Gasteiger partial charge in [0.05, 0.1) is 24.7 Å². The van der Waals surface area contributed by atoms with Crippen molar-refractivity contribution in [3.63, 3.8) is 0 Å². The minimum Gasteiger partial charge on any atom is -0.490 e. The van der Waals surface area contributed by atoms with Gasteiger partial charge in [-0.05, 0) is 55.3 Å². The molecule has 1 fully saturated rings. The van der Waals surface area contributed by atoms with E-state index in [9.17, 15) is 22.0 Å². The molecule has 1 aliphatic heterocycles. The van der Waals surface area contributed by atoms with Gasteiger partial charge in [-0.25, -0.2) is 8.42 Å². The molecular formula is C23H26F2N2O6S. The molecular weight excluding hydrogens is 470 g/mol. The van der Waals surface area contributed by atoms with Crippen molar-refractivity contribution in [2.45, 2.75) is 25.4 Å². The van der Waals surface area contributed by atoms with Crippen molar-refractivity contribution < 1.29 is 36.2 Å². The summed E-state index contributed by atoms with van der Waals surface area (Å²) in [5.41, 5.74) is 1.58. The lowest BCUT2D eigenvalue weighted by Crippen LogP contribution is -2.40. The Labute approximate surface area is 197 Å². The second kappa shape index (κ2) is 11.4. The van der Waals surface area contributed by atoms with Crippen molar-refractivity contribution in [1.82, 2.24) is 4.31 Å². The summed E-state index contributed by atoms with van der Waals surface area (Å²) in [6.07, 6.45) is 2.73. The number of ether oxygens (including phenoxy) is 3. The molecule has 0 atom stereocenters. The maximum absolute atomic E-state index is 12.9. The van der Waals surface area contributed by atoms with Gasteiger partial charge in [0.1, 0.15) is 0 Å². The fourth-order valence-electron chi connectivity index (χ4n) is 3.27. The summed E-state index contributed by atoms with van der Waals surface area (Å²) in [6, 6.07) is 8.87. The third-order valence-electron chi connectivity index (χ3n) is 4.99. The van der Waals surface area contributed by atoms with Crippen molar-refractivity contribution in [1.29, 1.82) is 0 Å². The molecule has 2 aromatic carbocycles. The molecule has 1 amide bonds. The third-order valence-corrected chi connectivity index (χ3v) is 6.88. The number of rotatable bonds is 9. The largest absolute Gasteiger partial charge is 0.490 e. The lowest BCUT2D eigenvalue weighted by Gasteiger charge is -2.26. The number of carbonyl (C=O) groups excluding carboxylic acids is 1. The molecule has 0 aromatic heterocycles. The average Bonchev–Trinajstić information content (AvgIpc) is 2.81. The van der Waals surface area contributed by atoms with Gasteiger partial charge in [0.15, 0.2) is 11.5 Å². The van der Waals surface area contributed by atoms with Gasteiger partial charge in [0, 0.05) is 24.9 Å². The number of amides is 1. The van der Waals surface area contributed by atoms with Gasteiger partial charge in [-0.3, -0.25) is 4.79 Å². The van der Waals surface area contributed by atoms with Gasteiger partial charge in [0.2, 0.25) is 15.9 Å². The van der Waals surface area contributed by atoms with Crippen LogP contribution < -0.4 is 14.8 Å². The van der Waals surface area contributed by atoms with Crippen LogP contribution in [0.1, 0.15) is 18.1 Å². The zero-order valence-corrected chi connectivity index (χ0v) is 19.6. The van der Waals surface area contributed by atoms with Crippen LogP contribution in [-0.2, 0) is 19.6 Å². The van der Waals surface area contributed by atoms with Gasteiger partial charge in [-0.1, -0.05) is 12.1 Å². The number of halogens is 2. The van der Waals surface area contributed by atoms with Gasteiger partial charge in [-0.15, -0.1) is 0 Å². The van der Waals surface area contributed by atoms with Crippen LogP contribution in [0.4, 0.5) is 14.5 Å². The molecule has 1 heterocycles. The normalized spacial score (nSPS) is 15.0. The fourth-order valence-corrected chi connectivity index (χ4v) is 4.70. The third kappa shape index (κ3) is 6.52. The second-order valence-corrected chi connectivity index (χ2v) is 9.27. The number of nitrogens with one attached hydrogen (secondary N) is 1. The van der Waals surface area contributed by atoms with E-state index >= 15 is 0 Å². The van der Waals surface area contributed by atoms with E-state index in [1.807, 2.05) is 0 Å². The number of alkyl halides is 2. The molecule has 3 rings (SSSR count). The first-order chi connectivity index (χ1) is 16.2. The van der Waals surface area contributed by atoms with Crippen molar-refractivity contribution in [3.8, 4) is 11.5 Å². The maximum atomic E-state index is 12.9. The molecule has 0 bridgehead atoms. The molecule has 184 valence electrons. The average molecular weight is 497 g/mol. The molecule has 1 saturated heterocycles. The number of nitrogens with zero attached hydrogens (tertiary/aromatic N) is 1. The summed E-state index contributed by atoms with van der Waals surface area (Å²) in [6.45, 7) is 1.92. The number of sulfonamides is 1. The molecule has 1 aliphatic rings. The summed E-state index contributed by atoms with van der Waals surface area (Å²) in [5, 5.41) is 2.68. The molecule has 0 radical (unpaired) electrons. The summed E-state index contributed by atoms with van der Waals surface area (Å²) in [4.78, 5) is 12.6. The topological polar surface area (TPSA) is 94.2 Å². The molecule has 34 heavy (non-hydrogen) atoms. The first-order valence-corrected chi connectivity index (χ1v) is 12.0. The Kier molecular flexibility index (Phi) is 8.59. The Bertz CT molecular complexity index is 1150. The van der Waals surface area contributed by atoms with E-state index in [-0.39, 0.29) is 36.1 Å². The van der Waals surface area contributed by atoms with Crippen LogP contribution in [-0.4, -0.2) is 58.2 Å². The molecule has 0 spiro atoms. The Balaban J connectivity index is 1.74. The predicted molar refractivity (Wildman–Crippen MR) is 123 cm³/mol. The number of benzene rings is 2. The minimum atomic E-state index is -3.71. The SMILES string of the molecule is CCOc1cc(/C=C/C(=O)Nc2cc(S(=O)(=O)N3CCOCC3)ccc2C)ccc1OC(F)F. The number of hydrogen-bond donors (Lipinski definition) is 1. The highest BCUT2D eigenvalue weighted by atomic mass is 32.2. The number of hydrogen-bond acceptors (Lipinski definition) is 6. The molecule has 8 nitrogen and oxygen atoms in total. The van der Waals surface area contributed by atoms with Crippen LogP contribution in [0, 0.1) is 6.92 Å². The van der Waals surface area contributed by atoms with Gasteiger partial charge < -0.3 is 19.5 Å². The Morgan fingerprint density at radius 3 is 2.59 bits per heavy atom. The molecule has 0 unspecified atom stereocenters. The van der Waals surface area contributed by atoms with Crippen LogP contribution in [0.15, 0.2) is 47.4 Å². The molecule has 1 N–H and O–H groups in total. The Hall–Kier alpha value is -3.02. The highest BCUT2D eigenvalue weighted by Gasteiger charge is 2.26. The second-order valence-electron chi connectivity index (χ2n) is 7.33. The van der Waals surface area contributed by atoms with E-state index in [1.165, 1.54) is 46.8 Å². The van der Waals surface area contributed by atoms with Crippen LogP contribution in [0.3, 0.4) is 0 Å². The highest BCUT2D eigenvalue weighted by Crippen LogP contribution is 2.30. The molecule has 11 heteroatoms. The highest BCUT2D eigenvalue weighted by molar-refractivity contribution is 7.89. The number of morpholine rings is 1. The van der Waals surface area contributed by atoms with Crippen LogP contribution in [0.25, 0.3) is 6.08 Å². The van der Waals surface area contributed by atoms with Crippen LogP contribution in [0.2, 0.25) is 0 Å². The molecule has 0 saturated carbocycles. The van der Waals surface area contributed by atoms with Gasteiger partial charge in [-0.2, -0.15) is 13.1 Å². The number of aryl methyl sites for hydroxylation is 1. The minimum absolute atomic E-state index is 0.0789. The summed E-state index contributed by atoms with van der Waals surface area (Å²) < 4.78 is 67.2. The van der Waals surface area contributed by atoms with E-state index in [2.05, 4.69) is 10.1 Å². The van der Waals surface area contributed by atoms with E-state index in [0.29, 0.717) is 30.0 Å². The van der Waals surface area contributed by atoms with Crippen molar-refractivity contribution in [3.05, 3.63) is 53.6 Å². The van der Waals surface area contributed by atoms with Crippen molar-refractivity contribution in [2.24, 2.45) is 0 Å². The zero-order valence-electron chi connectivity index (χ0n) is 18.8. The maximum Gasteiger partial charge on any atom is 0.387 e. The number of anilines is 1. The van der Waals surface area contributed by atoms with E-state index in [4.69, 9.17) is 9.47 Å². The first-order valence-electron chi connectivity index (χ1n) is 10.6. The predicted octanol–water partition coefficient (Wildman–Crippen LogP) is 3.67. The van der Waals surface area contributed by atoms with Gasteiger partial charge >= 0.3 is 6.61 Å². The van der Waals surface area contributed by atoms with Crippen LogP contribution >= 0.6 is 0 Å². The summed E-state index contributed by atoms with van der Waals surface area (Å²) in [5.74, 6) is -0.468. The quantitative estimate of drug-likeness (QED) is 0.533. The van der Waals surface area contributed by atoms with Crippen molar-refractivity contribution >= 4 is 27.7 Å².